The number of hydrogen-bond acceptors (Lipinski definition) is 3. The highest BCUT2D eigenvalue weighted by Gasteiger charge is 2.27. The Balaban J connectivity index is 3.01. The second kappa shape index (κ2) is 6.91. The molecule has 0 bridgehead atoms. The Bertz CT molecular complexity index is 107. The molecule has 0 rings (SSSR count). The fourth-order valence-corrected chi connectivity index (χ4v) is 2.11. The van der Waals surface area contributed by atoms with Crippen LogP contribution in [0.15, 0.2) is 0 Å². The van der Waals surface area contributed by atoms with E-state index in [4.69, 9.17) is 5.73 Å². The zero-order valence-electron chi connectivity index (χ0n) is 6.56. The van der Waals surface area contributed by atoms with Crippen LogP contribution in [-0.4, -0.2) is 29.3 Å². The van der Waals surface area contributed by atoms with Crippen LogP contribution in [-0.2, 0) is 0 Å². The third-order valence-electron chi connectivity index (χ3n) is 0.986. The smallest absolute Gasteiger partial charge is 0.330 e. The lowest BCUT2D eigenvalue weighted by Gasteiger charge is -2.04. The van der Waals surface area contributed by atoms with Crippen molar-refractivity contribution in [2.75, 3.05) is 23.8 Å². The highest BCUT2D eigenvalue weighted by atomic mass is 32.2. The topological polar surface area (TPSA) is 26.0 Å². The van der Waals surface area contributed by atoms with Crippen molar-refractivity contribution in [3.05, 3.63) is 0 Å². The average molecular weight is 219 g/mol. The maximum atomic E-state index is 11.6. The third kappa shape index (κ3) is 10.4. The molecule has 0 aromatic rings. The van der Waals surface area contributed by atoms with Crippen LogP contribution in [0.25, 0.3) is 0 Å². The number of hydrogen-bond donors (Lipinski definition) is 1. The van der Waals surface area contributed by atoms with Gasteiger partial charge in [-0.1, -0.05) is 11.8 Å². The molecule has 0 aliphatic rings. The summed E-state index contributed by atoms with van der Waals surface area (Å²) in [5.41, 5.74) is 1.14. The largest absolute Gasteiger partial charge is 0.441 e. The molecule has 0 saturated carbocycles. The quantitative estimate of drug-likeness (QED) is 0.694. The minimum Gasteiger partial charge on any atom is -0.330 e. The van der Waals surface area contributed by atoms with Crippen LogP contribution < -0.4 is 5.73 Å². The van der Waals surface area contributed by atoms with Crippen LogP contribution in [0.5, 0.6) is 0 Å². The fourth-order valence-electron chi connectivity index (χ4n) is 0.504. The molecule has 0 aliphatic carbocycles. The highest BCUT2D eigenvalue weighted by Crippen LogP contribution is 2.30. The predicted octanol–water partition coefficient (Wildman–Crippen LogP) is 2.32. The molecule has 2 N–H and O–H groups in total. The Kier molecular flexibility index (Phi) is 7.17. The second-order valence-corrected chi connectivity index (χ2v) is 4.43. The maximum absolute atomic E-state index is 11.6. The van der Waals surface area contributed by atoms with Gasteiger partial charge in [0.15, 0.2) is 0 Å². The molecule has 0 saturated heterocycles. The second-order valence-electron chi connectivity index (χ2n) is 2.05. The van der Waals surface area contributed by atoms with Crippen molar-refractivity contribution >= 4 is 23.5 Å². The zero-order valence-corrected chi connectivity index (χ0v) is 8.20. The number of nitrogens with two attached hydrogens (primary N) is 1. The van der Waals surface area contributed by atoms with E-state index in [9.17, 15) is 13.2 Å². The summed E-state index contributed by atoms with van der Waals surface area (Å²) in [6.45, 7) is 0.611. The van der Waals surface area contributed by atoms with Crippen molar-refractivity contribution in [2.24, 2.45) is 5.73 Å². The minimum absolute atomic E-state index is 0.0395. The van der Waals surface area contributed by atoms with Crippen LogP contribution in [0, 0.1) is 0 Å². The van der Waals surface area contributed by atoms with Crippen molar-refractivity contribution in [1.29, 1.82) is 0 Å². The lowest BCUT2D eigenvalue weighted by molar-refractivity contribution is -0.0326. The Hall–Kier alpha value is 0.450. The Morgan fingerprint density at radius 2 is 1.75 bits per heavy atom. The summed E-state index contributed by atoms with van der Waals surface area (Å²) in [5.74, 6) is 1.54. The molecular formula is C6H12F3NS2. The van der Waals surface area contributed by atoms with E-state index in [1.54, 1.807) is 0 Å². The number of halogens is 3. The summed E-state index contributed by atoms with van der Waals surface area (Å²) in [5, 5.41) is 0. The molecule has 0 aromatic carbocycles. The van der Waals surface area contributed by atoms with Crippen LogP contribution in [0.3, 0.4) is 0 Å². The fraction of sp³-hybridized carbons (Fsp3) is 1.00. The summed E-state index contributed by atoms with van der Waals surface area (Å²) in [6, 6.07) is 0. The van der Waals surface area contributed by atoms with E-state index in [-0.39, 0.29) is 17.5 Å². The third-order valence-corrected chi connectivity index (χ3v) is 3.05. The zero-order chi connectivity index (χ0) is 9.45. The molecule has 0 spiro atoms. The van der Waals surface area contributed by atoms with Gasteiger partial charge in [-0.25, -0.2) is 0 Å². The van der Waals surface area contributed by atoms with Gasteiger partial charge in [0.25, 0.3) is 0 Å². The van der Waals surface area contributed by atoms with E-state index in [2.05, 4.69) is 0 Å². The molecule has 74 valence electrons. The number of alkyl halides is 3. The SMILES string of the molecule is NCCCSCCSC(F)(F)F. The monoisotopic (exact) mass is 219 g/mol. The highest BCUT2D eigenvalue weighted by molar-refractivity contribution is 8.03. The van der Waals surface area contributed by atoms with Gasteiger partial charge in [0.05, 0.1) is 0 Å². The summed E-state index contributed by atoms with van der Waals surface area (Å²) >= 11 is 1.56. The van der Waals surface area contributed by atoms with Crippen molar-refractivity contribution in [3.8, 4) is 0 Å². The first kappa shape index (κ1) is 12.4. The minimum atomic E-state index is -4.07. The lowest BCUT2D eigenvalue weighted by atomic mass is 10.5. The molecule has 12 heavy (non-hydrogen) atoms. The Labute approximate surface area is 78.6 Å². The van der Waals surface area contributed by atoms with Gasteiger partial charge in [0.1, 0.15) is 0 Å². The molecular weight excluding hydrogens is 207 g/mol. The average Bonchev–Trinajstić information content (AvgIpc) is 1.94. The first-order valence-corrected chi connectivity index (χ1v) is 5.69. The molecule has 0 unspecified atom stereocenters. The van der Waals surface area contributed by atoms with Gasteiger partial charge in [0.2, 0.25) is 0 Å². The maximum Gasteiger partial charge on any atom is 0.441 e. The van der Waals surface area contributed by atoms with Gasteiger partial charge < -0.3 is 5.73 Å². The van der Waals surface area contributed by atoms with Crippen LogP contribution in [0.1, 0.15) is 6.42 Å². The molecule has 0 aliphatic heterocycles. The normalized spacial score (nSPS) is 12.0. The molecule has 0 amide bonds. The molecule has 0 fully saturated rings. The molecule has 0 atom stereocenters. The van der Waals surface area contributed by atoms with Crippen molar-refractivity contribution < 1.29 is 13.2 Å². The molecule has 0 heterocycles. The molecule has 0 aromatic heterocycles. The summed E-state index contributed by atoms with van der Waals surface area (Å²) in [6.07, 6.45) is 0.876. The Morgan fingerprint density at radius 3 is 2.25 bits per heavy atom. The van der Waals surface area contributed by atoms with Gasteiger partial charge in [-0.15, -0.1) is 0 Å². The van der Waals surface area contributed by atoms with E-state index in [0.29, 0.717) is 12.3 Å². The van der Waals surface area contributed by atoms with Crippen LogP contribution in [0.4, 0.5) is 13.2 Å². The summed E-state index contributed by atoms with van der Waals surface area (Å²) in [7, 11) is 0. The standard InChI is InChI=1S/C6H12F3NS2/c7-6(8,9)12-5-4-11-3-1-2-10/h1-5,10H2. The van der Waals surface area contributed by atoms with Crippen molar-refractivity contribution in [3.63, 3.8) is 0 Å². The number of thioether (sulfide) groups is 2. The molecule has 1 nitrogen and oxygen atoms in total. The van der Waals surface area contributed by atoms with Crippen molar-refractivity contribution in [2.45, 2.75) is 11.9 Å². The van der Waals surface area contributed by atoms with Gasteiger partial charge in [-0.2, -0.15) is 24.9 Å². The van der Waals surface area contributed by atoms with E-state index in [1.807, 2.05) is 0 Å². The van der Waals surface area contributed by atoms with Crippen LogP contribution in [0.2, 0.25) is 0 Å². The predicted molar refractivity (Wildman–Crippen MR) is 49.5 cm³/mol. The Morgan fingerprint density at radius 1 is 1.08 bits per heavy atom. The van der Waals surface area contributed by atoms with E-state index >= 15 is 0 Å². The molecule has 0 radical (unpaired) electrons. The lowest BCUT2D eigenvalue weighted by Crippen LogP contribution is -2.03. The summed E-state index contributed by atoms with van der Waals surface area (Å²) < 4.78 is 34.7. The number of rotatable bonds is 6. The van der Waals surface area contributed by atoms with Gasteiger partial charge >= 0.3 is 5.51 Å². The van der Waals surface area contributed by atoms with Gasteiger partial charge in [0, 0.05) is 11.5 Å². The van der Waals surface area contributed by atoms with Crippen LogP contribution >= 0.6 is 23.5 Å². The van der Waals surface area contributed by atoms with E-state index < -0.39 is 5.51 Å². The van der Waals surface area contributed by atoms with E-state index in [0.717, 1.165) is 12.2 Å². The van der Waals surface area contributed by atoms with Gasteiger partial charge in [-0.05, 0) is 18.7 Å². The van der Waals surface area contributed by atoms with Crippen molar-refractivity contribution in [1.82, 2.24) is 0 Å². The summed E-state index contributed by atoms with van der Waals surface area (Å²) in [4.78, 5) is 0. The van der Waals surface area contributed by atoms with E-state index in [1.165, 1.54) is 11.8 Å². The first-order chi connectivity index (χ1) is 5.56. The first-order valence-electron chi connectivity index (χ1n) is 3.55. The molecule has 6 heteroatoms. The van der Waals surface area contributed by atoms with Gasteiger partial charge in [-0.3, -0.25) is 0 Å².